The zero-order valence-electron chi connectivity index (χ0n) is 18.9. The zero-order valence-corrected chi connectivity index (χ0v) is 18.9. The molecule has 1 aromatic heterocycles. The number of halogens is 3. The summed E-state index contributed by atoms with van der Waals surface area (Å²) in [7, 11) is 1.61. The molecule has 9 nitrogen and oxygen atoms in total. The number of nitrogens with zero attached hydrogens (tertiary/aromatic N) is 3. The zero-order chi connectivity index (χ0) is 24.9. The summed E-state index contributed by atoms with van der Waals surface area (Å²) in [5.41, 5.74) is 2.05. The van der Waals surface area contributed by atoms with Crippen molar-refractivity contribution in [2.45, 2.75) is 51.1 Å². The highest BCUT2D eigenvalue weighted by atomic mass is 19.4. The molecule has 2 N–H and O–H groups in total. The Bertz CT molecular complexity index is 1010. The van der Waals surface area contributed by atoms with Crippen LogP contribution >= 0.6 is 0 Å². The van der Waals surface area contributed by atoms with E-state index in [-0.39, 0.29) is 11.4 Å². The van der Waals surface area contributed by atoms with E-state index in [1.807, 2.05) is 18.2 Å². The highest BCUT2D eigenvalue weighted by Gasteiger charge is 2.59. The summed E-state index contributed by atoms with van der Waals surface area (Å²) in [5.74, 6) is -1.12. The van der Waals surface area contributed by atoms with Gasteiger partial charge in [0.1, 0.15) is 12.1 Å². The second kappa shape index (κ2) is 10.5. The summed E-state index contributed by atoms with van der Waals surface area (Å²) >= 11 is 0. The normalized spacial score (nSPS) is 21.7. The number of fused-ring (bicyclic) bond motifs is 1. The molecule has 2 atom stereocenters. The molecule has 2 aliphatic rings. The number of aliphatic carboxylic acids is 1. The Morgan fingerprint density at radius 2 is 2.00 bits per heavy atom. The van der Waals surface area contributed by atoms with Crippen molar-refractivity contribution in [1.82, 2.24) is 20.4 Å². The number of benzene rings is 1. The molecule has 2 aromatic rings. The van der Waals surface area contributed by atoms with E-state index >= 15 is 0 Å². The Morgan fingerprint density at radius 3 is 2.59 bits per heavy atom. The Labute approximate surface area is 194 Å². The van der Waals surface area contributed by atoms with E-state index in [4.69, 9.17) is 19.1 Å². The molecule has 1 saturated carbocycles. The standard InChI is InChI=1S/C20H26N4O3.C2HF3O2/c1-14-5-3-4-6-15(14)11-21-17(25)12-24-10-8-16-7-9-20(16,24)19-23-22-18(27-19)13-26-2;3-2(4,5)1(6)7/h3-6,16H,7-13H2,1-2H3,(H,21,25);(H,6,7)/t16-,20-;/m0./s1. The summed E-state index contributed by atoms with van der Waals surface area (Å²) in [6.45, 7) is 4.15. The maximum Gasteiger partial charge on any atom is 0.490 e. The predicted octanol–water partition coefficient (Wildman–Crippen LogP) is 2.79. The molecule has 186 valence electrons. The van der Waals surface area contributed by atoms with Gasteiger partial charge < -0.3 is 19.6 Å². The molecule has 1 aliphatic heterocycles. The maximum absolute atomic E-state index is 12.6. The molecular formula is C22H27F3N4O5. The highest BCUT2D eigenvalue weighted by molar-refractivity contribution is 5.78. The SMILES string of the molecule is COCc1nnc([C@]23CC[C@H]2CCN3CC(=O)NCc2ccccc2C)o1.O=C(O)C(F)(F)F. The number of ether oxygens (including phenoxy) is 1. The maximum atomic E-state index is 12.6. The number of aromatic nitrogens is 2. The van der Waals surface area contributed by atoms with Crippen molar-refractivity contribution in [2.75, 3.05) is 20.2 Å². The van der Waals surface area contributed by atoms with Gasteiger partial charge in [0.2, 0.25) is 17.7 Å². The Kier molecular flexibility index (Phi) is 7.93. The largest absolute Gasteiger partial charge is 0.490 e. The molecule has 0 bridgehead atoms. The van der Waals surface area contributed by atoms with Crippen LogP contribution in [0, 0.1) is 12.8 Å². The van der Waals surface area contributed by atoms with Crippen LogP contribution in [0.5, 0.6) is 0 Å². The summed E-state index contributed by atoms with van der Waals surface area (Å²) in [6, 6.07) is 8.11. The molecule has 1 aromatic carbocycles. The van der Waals surface area contributed by atoms with Crippen LogP contribution in [-0.4, -0.2) is 58.5 Å². The summed E-state index contributed by atoms with van der Waals surface area (Å²) in [6.07, 6.45) is -1.92. The number of carbonyl (C=O) groups is 2. The number of likely N-dealkylation sites (tertiary alicyclic amines) is 1. The van der Waals surface area contributed by atoms with Gasteiger partial charge >= 0.3 is 12.1 Å². The average molecular weight is 484 g/mol. The number of carboxylic acids is 1. The third kappa shape index (κ3) is 5.55. The quantitative estimate of drug-likeness (QED) is 0.616. The highest BCUT2D eigenvalue weighted by Crippen LogP contribution is 2.56. The van der Waals surface area contributed by atoms with E-state index in [0.717, 1.165) is 31.4 Å². The molecule has 1 aliphatic carbocycles. The van der Waals surface area contributed by atoms with E-state index in [0.29, 0.717) is 37.4 Å². The van der Waals surface area contributed by atoms with Crippen LogP contribution in [0.4, 0.5) is 13.2 Å². The molecule has 1 saturated heterocycles. The molecule has 2 heterocycles. The van der Waals surface area contributed by atoms with Crippen molar-refractivity contribution in [1.29, 1.82) is 0 Å². The van der Waals surface area contributed by atoms with E-state index in [1.165, 1.54) is 5.56 Å². The number of carbonyl (C=O) groups excluding carboxylic acids is 1. The first-order valence-electron chi connectivity index (χ1n) is 10.8. The van der Waals surface area contributed by atoms with Crippen LogP contribution < -0.4 is 5.32 Å². The number of hydrogen-bond acceptors (Lipinski definition) is 7. The lowest BCUT2D eigenvalue weighted by Crippen LogP contribution is -2.54. The third-order valence-electron chi connectivity index (χ3n) is 6.28. The Morgan fingerprint density at radius 1 is 1.29 bits per heavy atom. The topological polar surface area (TPSA) is 118 Å². The molecule has 0 spiro atoms. The number of methoxy groups -OCH3 is 1. The first-order chi connectivity index (χ1) is 16.1. The number of amides is 1. The van der Waals surface area contributed by atoms with Gasteiger partial charge in [0.15, 0.2) is 0 Å². The average Bonchev–Trinajstić information content (AvgIpc) is 3.30. The van der Waals surface area contributed by atoms with Gasteiger partial charge in [-0.05, 0) is 43.2 Å². The van der Waals surface area contributed by atoms with E-state index in [9.17, 15) is 18.0 Å². The molecule has 0 unspecified atom stereocenters. The number of aryl methyl sites for hydroxylation is 1. The molecule has 2 fully saturated rings. The number of alkyl halides is 3. The molecule has 1 amide bonds. The molecule has 34 heavy (non-hydrogen) atoms. The monoisotopic (exact) mass is 484 g/mol. The molecule has 4 rings (SSSR count). The van der Waals surface area contributed by atoms with E-state index in [1.54, 1.807) is 7.11 Å². The lowest BCUT2D eigenvalue weighted by molar-refractivity contribution is -0.192. The first kappa shape index (κ1) is 25.6. The van der Waals surface area contributed by atoms with Crippen LogP contribution in [0.3, 0.4) is 0 Å². The Balaban J connectivity index is 0.000000406. The summed E-state index contributed by atoms with van der Waals surface area (Å²) < 4.78 is 42.7. The molecule has 12 heteroatoms. The van der Waals surface area contributed by atoms with Crippen LogP contribution in [0.2, 0.25) is 0 Å². The van der Waals surface area contributed by atoms with Crippen molar-refractivity contribution < 1.29 is 37.0 Å². The van der Waals surface area contributed by atoms with Crippen molar-refractivity contribution in [3.8, 4) is 0 Å². The lowest BCUT2D eigenvalue weighted by Gasteiger charge is -2.47. The molecular weight excluding hydrogens is 457 g/mol. The number of hydrogen-bond donors (Lipinski definition) is 2. The van der Waals surface area contributed by atoms with Crippen molar-refractivity contribution >= 4 is 11.9 Å². The fraction of sp³-hybridized carbons (Fsp3) is 0.545. The minimum absolute atomic E-state index is 0.0295. The third-order valence-corrected chi connectivity index (χ3v) is 6.28. The Hall–Kier alpha value is -2.99. The predicted molar refractivity (Wildman–Crippen MR) is 112 cm³/mol. The summed E-state index contributed by atoms with van der Waals surface area (Å²) in [5, 5.41) is 18.6. The molecule has 0 radical (unpaired) electrons. The number of carboxylic acid groups (broad SMARTS) is 1. The minimum atomic E-state index is -5.08. The summed E-state index contributed by atoms with van der Waals surface area (Å²) in [4.78, 5) is 23.7. The fourth-order valence-electron chi connectivity index (χ4n) is 4.41. The van der Waals surface area contributed by atoms with Crippen molar-refractivity contribution in [3.05, 3.63) is 47.2 Å². The number of rotatable bonds is 7. The fourth-order valence-corrected chi connectivity index (χ4v) is 4.41. The van der Waals surface area contributed by atoms with Gasteiger partial charge in [-0.15, -0.1) is 10.2 Å². The van der Waals surface area contributed by atoms with Gasteiger partial charge in [0, 0.05) is 20.2 Å². The van der Waals surface area contributed by atoms with Crippen LogP contribution in [0.1, 0.15) is 42.2 Å². The van der Waals surface area contributed by atoms with E-state index in [2.05, 4.69) is 33.4 Å². The lowest BCUT2D eigenvalue weighted by atomic mass is 9.67. The second-order valence-corrected chi connectivity index (χ2v) is 8.31. The van der Waals surface area contributed by atoms with Crippen LogP contribution in [0.15, 0.2) is 28.7 Å². The minimum Gasteiger partial charge on any atom is -0.475 e. The smallest absolute Gasteiger partial charge is 0.475 e. The number of nitrogens with one attached hydrogen (secondary N) is 1. The van der Waals surface area contributed by atoms with Gasteiger partial charge in [-0.3, -0.25) is 9.69 Å². The van der Waals surface area contributed by atoms with Crippen molar-refractivity contribution in [3.63, 3.8) is 0 Å². The van der Waals surface area contributed by atoms with Gasteiger partial charge in [-0.2, -0.15) is 13.2 Å². The van der Waals surface area contributed by atoms with Gasteiger partial charge in [-0.25, -0.2) is 4.79 Å². The van der Waals surface area contributed by atoms with Crippen LogP contribution in [0.25, 0.3) is 0 Å². The van der Waals surface area contributed by atoms with Gasteiger partial charge in [0.25, 0.3) is 0 Å². The van der Waals surface area contributed by atoms with Crippen LogP contribution in [-0.2, 0) is 33.0 Å². The first-order valence-corrected chi connectivity index (χ1v) is 10.8. The van der Waals surface area contributed by atoms with E-state index < -0.39 is 12.1 Å². The van der Waals surface area contributed by atoms with Gasteiger partial charge in [0.05, 0.1) is 6.54 Å². The second-order valence-electron chi connectivity index (χ2n) is 8.31. The van der Waals surface area contributed by atoms with Gasteiger partial charge in [-0.1, -0.05) is 24.3 Å². The van der Waals surface area contributed by atoms with Crippen molar-refractivity contribution in [2.24, 2.45) is 5.92 Å².